The number of carbonyl (C=O) groups is 2. The van der Waals surface area contributed by atoms with Gasteiger partial charge in [0.05, 0.1) is 5.92 Å². The molecule has 0 spiro atoms. The minimum Gasteiger partial charge on any atom is -0.481 e. The summed E-state index contributed by atoms with van der Waals surface area (Å²) >= 11 is 0. The molecule has 108 valence electrons. The van der Waals surface area contributed by atoms with E-state index < -0.39 is 5.97 Å². The first-order valence-electron chi connectivity index (χ1n) is 7.35. The maximum absolute atomic E-state index is 12.2. The van der Waals surface area contributed by atoms with Crippen LogP contribution in [0.4, 0.5) is 0 Å². The summed E-state index contributed by atoms with van der Waals surface area (Å²) in [6, 6.07) is 0.155. The SMILES string of the molecule is NCC1CCCC1C(=O)NC1CCC(C(=O)O)CC1. The quantitative estimate of drug-likeness (QED) is 0.712. The van der Waals surface area contributed by atoms with Gasteiger partial charge in [0.15, 0.2) is 0 Å². The molecular formula is C14H24N2O3. The second kappa shape index (κ2) is 6.37. The number of nitrogens with two attached hydrogens (primary N) is 1. The third-order valence-corrected chi connectivity index (χ3v) is 4.72. The van der Waals surface area contributed by atoms with Crippen LogP contribution in [0.15, 0.2) is 0 Å². The molecule has 0 aromatic carbocycles. The molecule has 0 radical (unpaired) electrons. The summed E-state index contributed by atoms with van der Waals surface area (Å²) in [7, 11) is 0. The normalized spacial score (nSPS) is 35.0. The second-order valence-corrected chi connectivity index (χ2v) is 5.93. The summed E-state index contributed by atoms with van der Waals surface area (Å²) in [6.07, 6.45) is 5.99. The van der Waals surface area contributed by atoms with Crippen molar-refractivity contribution in [1.82, 2.24) is 5.32 Å². The molecule has 5 nitrogen and oxygen atoms in total. The molecule has 2 aliphatic carbocycles. The first-order valence-corrected chi connectivity index (χ1v) is 7.35. The van der Waals surface area contributed by atoms with Crippen LogP contribution in [0.5, 0.6) is 0 Å². The molecule has 1 amide bonds. The summed E-state index contributed by atoms with van der Waals surface area (Å²) in [4.78, 5) is 23.1. The highest BCUT2D eigenvalue weighted by molar-refractivity contribution is 5.79. The minimum absolute atomic E-state index is 0.0715. The lowest BCUT2D eigenvalue weighted by molar-refractivity contribution is -0.142. The molecule has 5 heteroatoms. The predicted molar refractivity (Wildman–Crippen MR) is 71.4 cm³/mol. The number of rotatable bonds is 4. The van der Waals surface area contributed by atoms with Crippen molar-refractivity contribution < 1.29 is 14.7 Å². The van der Waals surface area contributed by atoms with E-state index in [-0.39, 0.29) is 23.8 Å². The molecule has 2 unspecified atom stereocenters. The summed E-state index contributed by atoms with van der Waals surface area (Å²) in [5, 5.41) is 12.0. The number of nitrogens with one attached hydrogen (secondary N) is 1. The number of carboxylic acid groups (broad SMARTS) is 1. The molecule has 0 saturated heterocycles. The van der Waals surface area contributed by atoms with Crippen LogP contribution in [0.1, 0.15) is 44.9 Å². The van der Waals surface area contributed by atoms with Crippen LogP contribution in [-0.4, -0.2) is 29.6 Å². The number of amides is 1. The van der Waals surface area contributed by atoms with Crippen LogP contribution in [-0.2, 0) is 9.59 Å². The summed E-state index contributed by atoms with van der Waals surface area (Å²) in [6.45, 7) is 0.587. The van der Waals surface area contributed by atoms with Gasteiger partial charge in [0.1, 0.15) is 0 Å². The molecule has 2 aliphatic rings. The van der Waals surface area contributed by atoms with Crippen molar-refractivity contribution in [2.45, 2.75) is 51.0 Å². The number of hydrogen-bond acceptors (Lipinski definition) is 3. The van der Waals surface area contributed by atoms with Crippen molar-refractivity contribution in [3.05, 3.63) is 0 Å². The largest absolute Gasteiger partial charge is 0.481 e. The Morgan fingerprint density at radius 1 is 1.11 bits per heavy atom. The topological polar surface area (TPSA) is 92.4 Å². The molecule has 2 saturated carbocycles. The zero-order valence-corrected chi connectivity index (χ0v) is 11.3. The monoisotopic (exact) mass is 268 g/mol. The van der Waals surface area contributed by atoms with Gasteiger partial charge in [0, 0.05) is 12.0 Å². The summed E-state index contributed by atoms with van der Waals surface area (Å²) in [5.74, 6) is -0.399. The van der Waals surface area contributed by atoms with E-state index in [9.17, 15) is 9.59 Å². The highest BCUT2D eigenvalue weighted by Gasteiger charge is 2.34. The van der Waals surface area contributed by atoms with Crippen molar-refractivity contribution in [3.63, 3.8) is 0 Å². The van der Waals surface area contributed by atoms with Gasteiger partial charge in [-0.05, 0) is 51.0 Å². The van der Waals surface area contributed by atoms with Gasteiger partial charge in [-0.1, -0.05) is 6.42 Å². The van der Waals surface area contributed by atoms with Gasteiger partial charge in [-0.2, -0.15) is 0 Å². The first-order chi connectivity index (χ1) is 9.11. The van der Waals surface area contributed by atoms with Crippen molar-refractivity contribution in [2.24, 2.45) is 23.5 Å². The Morgan fingerprint density at radius 2 is 1.79 bits per heavy atom. The second-order valence-electron chi connectivity index (χ2n) is 5.93. The van der Waals surface area contributed by atoms with Gasteiger partial charge >= 0.3 is 5.97 Å². The fourth-order valence-corrected chi connectivity index (χ4v) is 3.46. The Kier molecular flexibility index (Phi) is 4.80. The van der Waals surface area contributed by atoms with Gasteiger partial charge in [0.25, 0.3) is 0 Å². The van der Waals surface area contributed by atoms with Gasteiger partial charge in [0.2, 0.25) is 5.91 Å². The van der Waals surface area contributed by atoms with Crippen LogP contribution in [0.2, 0.25) is 0 Å². The van der Waals surface area contributed by atoms with Crippen molar-refractivity contribution >= 4 is 11.9 Å². The smallest absolute Gasteiger partial charge is 0.306 e. The standard InChI is InChI=1S/C14H24N2O3/c15-8-10-2-1-3-12(10)13(17)16-11-6-4-9(5-7-11)14(18)19/h9-12H,1-8,15H2,(H,16,17)(H,18,19). The Labute approximate surface area is 113 Å². The molecule has 2 fully saturated rings. The average molecular weight is 268 g/mol. The zero-order chi connectivity index (χ0) is 13.8. The molecule has 19 heavy (non-hydrogen) atoms. The average Bonchev–Trinajstić information content (AvgIpc) is 2.87. The van der Waals surface area contributed by atoms with E-state index in [1.165, 1.54) is 0 Å². The van der Waals surface area contributed by atoms with E-state index >= 15 is 0 Å². The van der Waals surface area contributed by atoms with E-state index in [0.717, 1.165) is 32.1 Å². The van der Waals surface area contributed by atoms with E-state index in [2.05, 4.69) is 5.32 Å². The van der Waals surface area contributed by atoms with E-state index in [0.29, 0.717) is 25.3 Å². The molecule has 0 bridgehead atoms. The molecule has 4 N–H and O–H groups in total. The molecule has 2 atom stereocenters. The number of carboxylic acids is 1. The fraction of sp³-hybridized carbons (Fsp3) is 0.857. The Balaban J connectivity index is 1.79. The van der Waals surface area contributed by atoms with Crippen LogP contribution in [0.25, 0.3) is 0 Å². The van der Waals surface area contributed by atoms with Crippen LogP contribution in [0.3, 0.4) is 0 Å². The molecule has 0 heterocycles. The molecule has 2 rings (SSSR count). The lowest BCUT2D eigenvalue weighted by atomic mass is 9.85. The predicted octanol–water partition coefficient (Wildman–Crippen LogP) is 1.12. The van der Waals surface area contributed by atoms with Gasteiger partial charge in [-0.3, -0.25) is 9.59 Å². The maximum atomic E-state index is 12.2. The molecule has 0 aliphatic heterocycles. The van der Waals surface area contributed by atoms with E-state index in [4.69, 9.17) is 10.8 Å². The number of aliphatic carboxylic acids is 1. The lowest BCUT2D eigenvalue weighted by Crippen LogP contribution is -2.43. The Bertz CT molecular complexity index is 338. The molecule has 0 aromatic rings. The van der Waals surface area contributed by atoms with Gasteiger partial charge < -0.3 is 16.2 Å². The highest BCUT2D eigenvalue weighted by atomic mass is 16.4. The first kappa shape index (κ1) is 14.3. The van der Waals surface area contributed by atoms with Crippen molar-refractivity contribution in [2.75, 3.05) is 6.54 Å². The zero-order valence-electron chi connectivity index (χ0n) is 11.3. The summed E-state index contributed by atoms with van der Waals surface area (Å²) in [5.41, 5.74) is 5.70. The van der Waals surface area contributed by atoms with Crippen molar-refractivity contribution in [1.29, 1.82) is 0 Å². The van der Waals surface area contributed by atoms with E-state index in [1.54, 1.807) is 0 Å². The fourth-order valence-electron chi connectivity index (χ4n) is 3.46. The Hall–Kier alpha value is -1.10. The number of hydrogen-bond donors (Lipinski definition) is 3. The number of carbonyl (C=O) groups excluding carboxylic acids is 1. The third kappa shape index (κ3) is 3.47. The summed E-state index contributed by atoms with van der Waals surface area (Å²) < 4.78 is 0. The highest BCUT2D eigenvalue weighted by Crippen LogP contribution is 2.32. The molecular weight excluding hydrogens is 244 g/mol. The third-order valence-electron chi connectivity index (χ3n) is 4.72. The van der Waals surface area contributed by atoms with Crippen molar-refractivity contribution in [3.8, 4) is 0 Å². The van der Waals surface area contributed by atoms with Gasteiger partial charge in [-0.15, -0.1) is 0 Å². The maximum Gasteiger partial charge on any atom is 0.306 e. The molecule has 0 aromatic heterocycles. The Morgan fingerprint density at radius 3 is 2.37 bits per heavy atom. The lowest BCUT2D eigenvalue weighted by Gasteiger charge is -2.28. The van der Waals surface area contributed by atoms with Crippen LogP contribution < -0.4 is 11.1 Å². The van der Waals surface area contributed by atoms with E-state index in [1.807, 2.05) is 0 Å². The van der Waals surface area contributed by atoms with Crippen LogP contribution >= 0.6 is 0 Å². The van der Waals surface area contributed by atoms with Crippen LogP contribution in [0, 0.1) is 17.8 Å². The van der Waals surface area contributed by atoms with Gasteiger partial charge in [-0.25, -0.2) is 0 Å². The minimum atomic E-state index is -0.705.